The standard InChI is InChI=1S/C10H8N6O/c17-10-3-2-8(16-7-11-13-14-16)6-9(10)15-5-1-4-12-15/h1-7,17H. The Hall–Kier alpha value is -2.70. The molecular formula is C10H8N6O. The first-order valence-corrected chi connectivity index (χ1v) is 4.91. The molecule has 84 valence electrons. The van der Waals surface area contributed by atoms with Gasteiger partial charge in [-0.1, -0.05) is 0 Å². The van der Waals surface area contributed by atoms with E-state index in [1.54, 1.807) is 41.3 Å². The molecule has 0 unspecified atom stereocenters. The summed E-state index contributed by atoms with van der Waals surface area (Å²) in [5, 5.41) is 24.8. The second kappa shape index (κ2) is 3.71. The van der Waals surface area contributed by atoms with Gasteiger partial charge in [0.2, 0.25) is 0 Å². The van der Waals surface area contributed by atoms with Crippen LogP contribution in [-0.2, 0) is 0 Å². The maximum Gasteiger partial charge on any atom is 0.143 e. The summed E-state index contributed by atoms with van der Waals surface area (Å²) in [6.07, 6.45) is 4.88. The Morgan fingerprint density at radius 1 is 1.18 bits per heavy atom. The molecule has 2 aromatic heterocycles. The Bertz CT molecular complexity index is 616. The lowest BCUT2D eigenvalue weighted by Gasteiger charge is -2.06. The van der Waals surface area contributed by atoms with Gasteiger partial charge < -0.3 is 5.11 Å². The molecular weight excluding hydrogens is 220 g/mol. The zero-order valence-corrected chi connectivity index (χ0v) is 8.67. The summed E-state index contributed by atoms with van der Waals surface area (Å²) >= 11 is 0. The predicted molar refractivity (Wildman–Crippen MR) is 57.9 cm³/mol. The highest BCUT2D eigenvalue weighted by molar-refractivity contribution is 5.52. The van der Waals surface area contributed by atoms with E-state index < -0.39 is 0 Å². The summed E-state index contributed by atoms with van der Waals surface area (Å²) in [5.41, 5.74) is 1.32. The van der Waals surface area contributed by atoms with E-state index in [0.717, 1.165) is 5.69 Å². The Kier molecular flexibility index (Phi) is 2.08. The van der Waals surface area contributed by atoms with E-state index in [2.05, 4.69) is 20.6 Å². The lowest BCUT2D eigenvalue weighted by molar-refractivity contribution is 0.470. The summed E-state index contributed by atoms with van der Waals surface area (Å²) in [7, 11) is 0. The van der Waals surface area contributed by atoms with Crippen molar-refractivity contribution in [3.63, 3.8) is 0 Å². The monoisotopic (exact) mass is 228 g/mol. The first kappa shape index (κ1) is 9.52. The Morgan fingerprint density at radius 2 is 2.12 bits per heavy atom. The molecule has 0 atom stereocenters. The summed E-state index contributed by atoms with van der Waals surface area (Å²) in [4.78, 5) is 0. The van der Waals surface area contributed by atoms with E-state index in [0.29, 0.717) is 5.69 Å². The molecule has 0 aliphatic rings. The van der Waals surface area contributed by atoms with Crippen molar-refractivity contribution in [2.24, 2.45) is 0 Å². The highest BCUT2D eigenvalue weighted by Gasteiger charge is 2.07. The van der Waals surface area contributed by atoms with Gasteiger partial charge >= 0.3 is 0 Å². The van der Waals surface area contributed by atoms with Crippen LogP contribution in [0.1, 0.15) is 0 Å². The molecule has 0 saturated heterocycles. The molecule has 1 N–H and O–H groups in total. The van der Waals surface area contributed by atoms with Crippen LogP contribution in [0.2, 0.25) is 0 Å². The van der Waals surface area contributed by atoms with Crippen molar-refractivity contribution < 1.29 is 5.11 Å². The van der Waals surface area contributed by atoms with Crippen LogP contribution in [0.5, 0.6) is 5.75 Å². The largest absolute Gasteiger partial charge is 0.506 e. The molecule has 0 aliphatic carbocycles. The van der Waals surface area contributed by atoms with Crippen molar-refractivity contribution in [3.8, 4) is 17.1 Å². The zero-order valence-electron chi connectivity index (χ0n) is 8.67. The minimum Gasteiger partial charge on any atom is -0.506 e. The van der Waals surface area contributed by atoms with Crippen LogP contribution in [0.4, 0.5) is 0 Å². The molecule has 2 heterocycles. The number of tetrazole rings is 1. The van der Waals surface area contributed by atoms with E-state index in [-0.39, 0.29) is 5.75 Å². The average molecular weight is 228 g/mol. The molecule has 0 saturated carbocycles. The topological polar surface area (TPSA) is 81.6 Å². The Morgan fingerprint density at radius 3 is 2.82 bits per heavy atom. The first-order valence-electron chi connectivity index (χ1n) is 4.91. The molecule has 7 nitrogen and oxygen atoms in total. The maximum absolute atomic E-state index is 9.78. The molecule has 3 aromatic rings. The molecule has 0 fully saturated rings. The molecule has 0 spiro atoms. The van der Waals surface area contributed by atoms with Gasteiger partial charge in [-0.25, -0.2) is 9.36 Å². The van der Waals surface area contributed by atoms with E-state index >= 15 is 0 Å². The molecule has 1 aromatic carbocycles. The summed E-state index contributed by atoms with van der Waals surface area (Å²) in [6, 6.07) is 6.83. The minimum atomic E-state index is 0.144. The third-order valence-electron chi connectivity index (χ3n) is 2.32. The average Bonchev–Trinajstić information content (AvgIpc) is 3.03. The van der Waals surface area contributed by atoms with Gasteiger partial charge in [-0.05, 0) is 34.7 Å². The van der Waals surface area contributed by atoms with Crippen LogP contribution in [0, 0.1) is 0 Å². The van der Waals surface area contributed by atoms with Gasteiger partial charge in [0.05, 0.1) is 5.69 Å². The van der Waals surface area contributed by atoms with Crippen molar-refractivity contribution in [2.45, 2.75) is 0 Å². The third kappa shape index (κ3) is 1.63. The van der Waals surface area contributed by atoms with Crippen LogP contribution in [0.3, 0.4) is 0 Å². The SMILES string of the molecule is Oc1ccc(-n2cnnn2)cc1-n1cccn1. The minimum absolute atomic E-state index is 0.144. The Balaban J connectivity index is 2.13. The third-order valence-corrected chi connectivity index (χ3v) is 2.32. The van der Waals surface area contributed by atoms with Crippen molar-refractivity contribution in [1.82, 2.24) is 30.0 Å². The van der Waals surface area contributed by atoms with Gasteiger partial charge in [-0.3, -0.25) is 0 Å². The van der Waals surface area contributed by atoms with E-state index in [1.165, 1.54) is 11.0 Å². The van der Waals surface area contributed by atoms with Gasteiger partial charge in [0, 0.05) is 12.4 Å². The fourth-order valence-corrected chi connectivity index (χ4v) is 1.53. The molecule has 0 radical (unpaired) electrons. The van der Waals surface area contributed by atoms with Gasteiger partial charge in [0.25, 0.3) is 0 Å². The molecule has 0 bridgehead atoms. The van der Waals surface area contributed by atoms with Crippen LogP contribution in [0.25, 0.3) is 11.4 Å². The first-order chi connectivity index (χ1) is 8.34. The summed E-state index contributed by atoms with van der Waals surface area (Å²) in [6.45, 7) is 0. The van der Waals surface area contributed by atoms with Crippen LogP contribution in [0.15, 0.2) is 43.0 Å². The number of hydrogen-bond donors (Lipinski definition) is 1. The van der Waals surface area contributed by atoms with Gasteiger partial charge in [0.1, 0.15) is 17.8 Å². The number of phenolic OH excluding ortho intramolecular Hbond substituents is 1. The van der Waals surface area contributed by atoms with Crippen molar-refractivity contribution in [1.29, 1.82) is 0 Å². The lowest BCUT2D eigenvalue weighted by Crippen LogP contribution is -1.99. The number of benzene rings is 1. The number of phenols is 1. The van der Waals surface area contributed by atoms with Gasteiger partial charge in [-0.2, -0.15) is 5.10 Å². The highest BCUT2D eigenvalue weighted by Crippen LogP contribution is 2.23. The smallest absolute Gasteiger partial charge is 0.143 e. The predicted octanol–water partition coefficient (Wildman–Crippen LogP) is 0.554. The van der Waals surface area contributed by atoms with Crippen molar-refractivity contribution >= 4 is 0 Å². The van der Waals surface area contributed by atoms with E-state index in [1.807, 2.05) is 0 Å². The number of aromatic nitrogens is 6. The van der Waals surface area contributed by atoms with Crippen LogP contribution >= 0.6 is 0 Å². The fourth-order valence-electron chi connectivity index (χ4n) is 1.53. The quantitative estimate of drug-likeness (QED) is 0.692. The molecule has 7 heteroatoms. The number of rotatable bonds is 2. The normalized spacial score (nSPS) is 10.6. The van der Waals surface area contributed by atoms with E-state index in [4.69, 9.17) is 0 Å². The van der Waals surface area contributed by atoms with Crippen molar-refractivity contribution in [3.05, 3.63) is 43.0 Å². The summed E-state index contributed by atoms with van der Waals surface area (Å²) in [5.74, 6) is 0.144. The zero-order chi connectivity index (χ0) is 11.7. The molecule has 0 aliphatic heterocycles. The maximum atomic E-state index is 9.78. The highest BCUT2D eigenvalue weighted by atomic mass is 16.3. The Labute approximate surface area is 95.9 Å². The molecule has 17 heavy (non-hydrogen) atoms. The van der Waals surface area contributed by atoms with Crippen LogP contribution < -0.4 is 0 Å². The van der Waals surface area contributed by atoms with Crippen molar-refractivity contribution in [2.75, 3.05) is 0 Å². The van der Waals surface area contributed by atoms with Gasteiger partial charge in [0.15, 0.2) is 0 Å². The van der Waals surface area contributed by atoms with E-state index in [9.17, 15) is 5.11 Å². The second-order valence-corrected chi connectivity index (χ2v) is 3.38. The van der Waals surface area contributed by atoms with Gasteiger partial charge in [-0.15, -0.1) is 5.10 Å². The lowest BCUT2D eigenvalue weighted by atomic mass is 10.2. The summed E-state index contributed by atoms with van der Waals surface area (Å²) < 4.78 is 3.08. The number of aromatic hydroxyl groups is 1. The molecule has 3 rings (SSSR count). The fraction of sp³-hybridized carbons (Fsp3) is 0. The van der Waals surface area contributed by atoms with Crippen LogP contribution in [-0.4, -0.2) is 35.1 Å². The number of nitrogens with zero attached hydrogens (tertiary/aromatic N) is 6. The molecule has 0 amide bonds. The second-order valence-electron chi connectivity index (χ2n) is 3.38. The number of hydrogen-bond acceptors (Lipinski definition) is 5.